The van der Waals surface area contributed by atoms with Crippen LogP contribution in [-0.2, 0) is 0 Å². The Bertz CT molecular complexity index is 485. The van der Waals surface area contributed by atoms with Crippen LogP contribution in [-0.4, -0.2) is 5.78 Å². The van der Waals surface area contributed by atoms with Gasteiger partial charge < -0.3 is 0 Å². The van der Waals surface area contributed by atoms with Crippen molar-refractivity contribution >= 4 is 28.7 Å². The molecule has 0 saturated heterocycles. The zero-order valence-corrected chi connectivity index (χ0v) is 9.73. The van der Waals surface area contributed by atoms with Crippen molar-refractivity contribution in [1.29, 1.82) is 0 Å². The average Bonchev–Trinajstić information content (AvgIpc) is 2.65. The molecule has 0 aliphatic carbocycles. The quantitative estimate of drug-likeness (QED) is 0.722. The van der Waals surface area contributed by atoms with Crippen LogP contribution >= 0.6 is 22.9 Å². The Balaban J connectivity index is 2.37. The molecule has 3 heteroatoms. The van der Waals surface area contributed by atoms with Gasteiger partial charge in [0, 0.05) is 10.6 Å². The Morgan fingerprint density at radius 2 is 1.87 bits per heavy atom. The van der Waals surface area contributed by atoms with Gasteiger partial charge in [-0.1, -0.05) is 11.6 Å². The molecule has 1 heterocycles. The zero-order chi connectivity index (χ0) is 10.8. The Labute approximate surface area is 97.3 Å². The van der Waals surface area contributed by atoms with Gasteiger partial charge in [-0.15, -0.1) is 11.3 Å². The Kier molecular flexibility index (Phi) is 2.89. The minimum atomic E-state index is 0.0687. The van der Waals surface area contributed by atoms with Gasteiger partial charge >= 0.3 is 0 Å². The van der Waals surface area contributed by atoms with Gasteiger partial charge in [0.1, 0.15) is 0 Å². The van der Waals surface area contributed by atoms with Gasteiger partial charge in [0.15, 0.2) is 0 Å². The first-order valence-electron chi connectivity index (χ1n) is 4.53. The molecule has 0 bridgehead atoms. The minimum absolute atomic E-state index is 0.0687. The van der Waals surface area contributed by atoms with Crippen LogP contribution in [0.3, 0.4) is 0 Å². The van der Waals surface area contributed by atoms with Gasteiger partial charge in [-0.25, -0.2) is 0 Å². The maximum atomic E-state index is 12.0. The Morgan fingerprint density at radius 1 is 1.20 bits per heavy atom. The summed E-state index contributed by atoms with van der Waals surface area (Å²) in [5.74, 6) is 0.0687. The summed E-state index contributed by atoms with van der Waals surface area (Å²) in [7, 11) is 0. The van der Waals surface area contributed by atoms with E-state index in [0.717, 1.165) is 10.4 Å². The summed E-state index contributed by atoms with van der Waals surface area (Å²) in [5, 5.41) is 2.58. The van der Waals surface area contributed by atoms with Gasteiger partial charge in [0.05, 0.1) is 4.88 Å². The van der Waals surface area contributed by atoms with Gasteiger partial charge in [-0.3, -0.25) is 4.79 Å². The predicted octanol–water partition coefficient (Wildman–Crippen LogP) is 3.94. The second-order valence-electron chi connectivity index (χ2n) is 3.27. The summed E-state index contributed by atoms with van der Waals surface area (Å²) in [6.07, 6.45) is 0. The highest BCUT2D eigenvalue weighted by atomic mass is 35.5. The molecule has 76 valence electrons. The predicted molar refractivity (Wildman–Crippen MR) is 63.9 cm³/mol. The van der Waals surface area contributed by atoms with Crippen molar-refractivity contribution < 1.29 is 4.79 Å². The van der Waals surface area contributed by atoms with Crippen molar-refractivity contribution in [3.63, 3.8) is 0 Å². The third-order valence-electron chi connectivity index (χ3n) is 2.17. The summed E-state index contributed by atoms with van der Waals surface area (Å²) in [6.45, 7) is 1.94. The highest BCUT2D eigenvalue weighted by Gasteiger charge is 2.12. The van der Waals surface area contributed by atoms with E-state index >= 15 is 0 Å². The van der Waals surface area contributed by atoms with E-state index in [4.69, 9.17) is 11.6 Å². The number of thiophene rings is 1. The van der Waals surface area contributed by atoms with Crippen molar-refractivity contribution in [2.75, 3.05) is 0 Å². The van der Waals surface area contributed by atoms with Gasteiger partial charge in [-0.2, -0.15) is 0 Å². The summed E-state index contributed by atoms with van der Waals surface area (Å²) in [5.41, 5.74) is 1.71. The smallest absolute Gasteiger partial charge is 0.203 e. The van der Waals surface area contributed by atoms with Gasteiger partial charge in [-0.05, 0) is 48.2 Å². The zero-order valence-electron chi connectivity index (χ0n) is 8.16. The van der Waals surface area contributed by atoms with E-state index < -0.39 is 0 Å². The first kappa shape index (κ1) is 10.4. The largest absolute Gasteiger partial charge is 0.288 e. The lowest BCUT2D eigenvalue weighted by Gasteiger charge is -1.99. The highest BCUT2D eigenvalue weighted by molar-refractivity contribution is 7.12. The van der Waals surface area contributed by atoms with Crippen LogP contribution in [0.4, 0.5) is 0 Å². The fourth-order valence-corrected chi connectivity index (χ4v) is 2.35. The second kappa shape index (κ2) is 4.17. The molecule has 0 fully saturated rings. The number of hydrogen-bond acceptors (Lipinski definition) is 2. The van der Waals surface area contributed by atoms with Crippen molar-refractivity contribution in [2.24, 2.45) is 0 Å². The lowest BCUT2D eigenvalue weighted by atomic mass is 10.1. The second-order valence-corrected chi connectivity index (χ2v) is 4.62. The topological polar surface area (TPSA) is 17.1 Å². The maximum Gasteiger partial charge on any atom is 0.203 e. The fourth-order valence-electron chi connectivity index (χ4n) is 1.34. The maximum absolute atomic E-state index is 12.0. The van der Waals surface area contributed by atoms with Crippen molar-refractivity contribution in [2.45, 2.75) is 6.92 Å². The van der Waals surface area contributed by atoms with Crippen LogP contribution in [0.5, 0.6) is 0 Å². The first-order chi connectivity index (χ1) is 7.18. The van der Waals surface area contributed by atoms with E-state index in [0.29, 0.717) is 10.6 Å². The van der Waals surface area contributed by atoms with E-state index in [1.54, 1.807) is 24.3 Å². The Morgan fingerprint density at radius 3 is 2.40 bits per heavy atom. The summed E-state index contributed by atoms with van der Waals surface area (Å²) in [4.78, 5) is 12.8. The average molecular weight is 237 g/mol. The van der Waals surface area contributed by atoms with Crippen molar-refractivity contribution in [3.8, 4) is 0 Å². The third kappa shape index (κ3) is 2.11. The number of aryl methyl sites for hydroxylation is 1. The number of halogens is 1. The van der Waals surface area contributed by atoms with Gasteiger partial charge in [0.2, 0.25) is 5.78 Å². The fraction of sp³-hybridized carbons (Fsp3) is 0.0833. The van der Waals surface area contributed by atoms with E-state index in [1.165, 1.54) is 11.3 Å². The van der Waals surface area contributed by atoms with E-state index in [1.807, 2.05) is 18.4 Å². The molecule has 1 nitrogen and oxygen atoms in total. The third-order valence-corrected chi connectivity index (χ3v) is 3.44. The van der Waals surface area contributed by atoms with Crippen LogP contribution in [0.1, 0.15) is 20.8 Å². The summed E-state index contributed by atoms with van der Waals surface area (Å²) in [6, 6.07) is 8.93. The summed E-state index contributed by atoms with van der Waals surface area (Å²) < 4.78 is 0. The number of rotatable bonds is 2. The standard InChI is InChI=1S/C12H9ClOS/c1-8-6-7-15-12(8)11(14)9-2-4-10(13)5-3-9/h2-7H,1H3. The molecule has 0 unspecified atom stereocenters. The van der Waals surface area contributed by atoms with Crippen LogP contribution in [0, 0.1) is 6.92 Å². The molecule has 0 N–H and O–H groups in total. The van der Waals surface area contributed by atoms with Crippen LogP contribution in [0.25, 0.3) is 0 Å². The van der Waals surface area contributed by atoms with Gasteiger partial charge in [0.25, 0.3) is 0 Å². The minimum Gasteiger partial charge on any atom is -0.288 e. The Hall–Kier alpha value is -1.12. The first-order valence-corrected chi connectivity index (χ1v) is 5.78. The molecule has 0 aliphatic heterocycles. The molecule has 2 aromatic rings. The van der Waals surface area contributed by atoms with E-state index in [9.17, 15) is 4.79 Å². The number of ketones is 1. The van der Waals surface area contributed by atoms with E-state index in [-0.39, 0.29) is 5.78 Å². The monoisotopic (exact) mass is 236 g/mol. The molecule has 0 atom stereocenters. The molecule has 1 aromatic heterocycles. The molecule has 0 spiro atoms. The number of hydrogen-bond donors (Lipinski definition) is 0. The molecule has 0 amide bonds. The molecular weight excluding hydrogens is 228 g/mol. The van der Waals surface area contributed by atoms with E-state index in [2.05, 4.69) is 0 Å². The lowest BCUT2D eigenvalue weighted by molar-refractivity contribution is 0.104. The summed E-state index contributed by atoms with van der Waals surface area (Å²) >= 11 is 7.24. The molecular formula is C12H9ClOS. The molecule has 0 radical (unpaired) electrons. The molecule has 1 aromatic carbocycles. The van der Waals surface area contributed by atoms with Crippen molar-refractivity contribution in [1.82, 2.24) is 0 Å². The van der Waals surface area contributed by atoms with Crippen molar-refractivity contribution in [3.05, 3.63) is 56.7 Å². The number of benzene rings is 1. The normalized spacial score (nSPS) is 10.3. The molecule has 0 aliphatic rings. The van der Waals surface area contributed by atoms with Crippen LogP contribution < -0.4 is 0 Å². The molecule has 0 saturated carbocycles. The SMILES string of the molecule is Cc1ccsc1C(=O)c1ccc(Cl)cc1. The number of carbonyl (C=O) groups excluding carboxylic acids is 1. The van der Waals surface area contributed by atoms with Crippen LogP contribution in [0.15, 0.2) is 35.7 Å². The molecule has 15 heavy (non-hydrogen) atoms. The lowest BCUT2D eigenvalue weighted by Crippen LogP contribution is -1.99. The van der Waals surface area contributed by atoms with Crippen LogP contribution in [0.2, 0.25) is 5.02 Å². The number of carbonyl (C=O) groups is 1. The molecule has 2 rings (SSSR count). The highest BCUT2D eigenvalue weighted by Crippen LogP contribution is 2.20.